The topological polar surface area (TPSA) is 30.5 Å². The molecule has 0 amide bonds. The van der Waals surface area contributed by atoms with E-state index >= 15 is 0 Å². The molecular formula is C16H27NO2. The van der Waals surface area contributed by atoms with Gasteiger partial charge in [0.05, 0.1) is 12.7 Å². The molecule has 19 heavy (non-hydrogen) atoms. The molecule has 0 radical (unpaired) electrons. The normalized spacial score (nSPS) is 50.8. The first-order chi connectivity index (χ1) is 9.12. The summed E-state index contributed by atoms with van der Waals surface area (Å²) >= 11 is 0. The molecule has 1 saturated heterocycles. The summed E-state index contributed by atoms with van der Waals surface area (Å²) in [6, 6.07) is 0.761. The molecule has 0 aromatic carbocycles. The Morgan fingerprint density at radius 2 is 1.95 bits per heavy atom. The van der Waals surface area contributed by atoms with E-state index in [1.807, 2.05) is 13.8 Å². The van der Waals surface area contributed by atoms with E-state index < -0.39 is 0 Å². The second kappa shape index (κ2) is 4.44. The van der Waals surface area contributed by atoms with E-state index in [-0.39, 0.29) is 11.9 Å². The lowest BCUT2D eigenvalue weighted by Crippen LogP contribution is -2.43. The lowest BCUT2D eigenvalue weighted by molar-refractivity contribution is -0.138. The largest absolute Gasteiger partial charge is 0.348 e. The van der Waals surface area contributed by atoms with Gasteiger partial charge in [0.25, 0.3) is 0 Å². The SMILES string of the molecule is CC1(C)OCC(CNC2CC3CC2C2CCCC32)O1. The van der Waals surface area contributed by atoms with Crippen LogP contribution in [-0.4, -0.2) is 31.1 Å². The highest BCUT2D eigenvalue weighted by atomic mass is 16.7. The molecule has 4 rings (SSSR count). The quantitative estimate of drug-likeness (QED) is 0.850. The molecule has 1 aliphatic heterocycles. The minimum absolute atomic E-state index is 0.244. The number of hydrogen-bond donors (Lipinski definition) is 1. The molecule has 4 aliphatic rings. The second-order valence-corrected chi connectivity index (χ2v) is 7.62. The number of nitrogens with one attached hydrogen (secondary N) is 1. The van der Waals surface area contributed by atoms with Crippen LogP contribution < -0.4 is 5.32 Å². The highest BCUT2D eigenvalue weighted by molar-refractivity contribution is 5.05. The van der Waals surface area contributed by atoms with Crippen molar-refractivity contribution in [1.82, 2.24) is 5.32 Å². The average molecular weight is 265 g/mol. The second-order valence-electron chi connectivity index (χ2n) is 7.62. The Morgan fingerprint density at radius 3 is 2.74 bits per heavy atom. The van der Waals surface area contributed by atoms with Crippen LogP contribution in [0.15, 0.2) is 0 Å². The van der Waals surface area contributed by atoms with E-state index in [1.165, 1.54) is 32.1 Å². The maximum Gasteiger partial charge on any atom is 0.163 e. The van der Waals surface area contributed by atoms with Crippen LogP contribution in [-0.2, 0) is 9.47 Å². The highest BCUT2D eigenvalue weighted by Crippen LogP contribution is 2.58. The van der Waals surface area contributed by atoms with Gasteiger partial charge in [-0.2, -0.15) is 0 Å². The maximum absolute atomic E-state index is 5.89. The van der Waals surface area contributed by atoms with Crippen LogP contribution in [0.2, 0.25) is 0 Å². The van der Waals surface area contributed by atoms with Gasteiger partial charge in [0, 0.05) is 12.6 Å². The molecule has 0 spiro atoms. The summed E-state index contributed by atoms with van der Waals surface area (Å²) in [5.74, 6) is 3.76. The molecule has 0 aromatic rings. The van der Waals surface area contributed by atoms with Crippen molar-refractivity contribution in [2.45, 2.75) is 63.9 Å². The summed E-state index contributed by atoms with van der Waals surface area (Å²) in [6.45, 7) is 5.73. The molecule has 0 aromatic heterocycles. The van der Waals surface area contributed by atoms with Gasteiger partial charge < -0.3 is 14.8 Å². The van der Waals surface area contributed by atoms with Crippen molar-refractivity contribution in [1.29, 1.82) is 0 Å². The third-order valence-corrected chi connectivity index (χ3v) is 6.10. The van der Waals surface area contributed by atoms with Crippen molar-refractivity contribution in [2.24, 2.45) is 23.7 Å². The van der Waals surface area contributed by atoms with Crippen LogP contribution in [0.5, 0.6) is 0 Å². The molecule has 1 N–H and O–H groups in total. The Bertz CT molecular complexity index is 357. The van der Waals surface area contributed by atoms with Gasteiger partial charge in [-0.15, -0.1) is 0 Å². The minimum atomic E-state index is -0.377. The molecule has 3 heteroatoms. The van der Waals surface area contributed by atoms with Crippen LogP contribution in [0, 0.1) is 23.7 Å². The van der Waals surface area contributed by atoms with E-state index in [0.717, 1.165) is 42.9 Å². The van der Waals surface area contributed by atoms with Crippen molar-refractivity contribution in [3.8, 4) is 0 Å². The van der Waals surface area contributed by atoms with Crippen molar-refractivity contribution in [3.63, 3.8) is 0 Å². The fraction of sp³-hybridized carbons (Fsp3) is 1.00. The smallest absolute Gasteiger partial charge is 0.163 e. The zero-order valence-electron chi connectivity index (χ0n) is 12.2. The first-order valence-corrected chi connectivity index (χ1v) is 8.17. The molecule has 2 bridgehead atoms. The lowest BCUT2D eigenvalue weighted by atomic mass is 9.79. The van der Waals surface area contributed by atoms with Crippen molar-refractivity contribution in [3.05, 3.63) is 0 Å². The molecule has 1 heterocycles. The molecule has 3 saturated carbocycles. The maximum atomic E-state index is 5.89. The zero-order valence-corrected chi connectivity index (χ0v) is 12.2. The third-order valence-electron chi connectivity index (χ3n) is 6.10. The summed E-state index contributed by atoms with van der Waals surface area (Å²) < 4.78 is 11.5. The van der Waals surface area contributed by atoms with Gasteiger partial charge in [-0.1, -0.05) is 6.42 Å². The van der Waals surface area contributed by atoms with Gasteiger partial charge in [0.1, 0.15) is 0 Å². The number of rotatable bonds is 3. The standard InChI is InChI=1S/C16H27NO2/c1-16(2)18-9-11(19-16)8-17-15-7-10-6-14(15)13-5-3-4-12(10)13/h10-15,17H,3-9H2,1-2H3. The Balaban J connectivity index is 1.31. The Hall–Kier alpha value is -0.120. The highest BCUT2D eigenvalue weighted by Gasteiger charge is 2.53. The van der Waals surface area contributed by atoms with E-state index in [1.54, 1.807) is 0 Å². The lowest BCUT2D eigenvalue weighted by Gasteiger charge is -2.32. The Labute approximate surface area is 116 Å². The van der Waals surface area contributed by atoms with Crippen LogP contribution >= 0.6 is 0 Å². The molecule has 108 valence electrons. The van der Waals surface area contributed by atoms with Crippen molar-refractivity contribution in [2.75, 3.05) is 13.2 Å². The third kappa shape index (κ3) is 2.14. The van der Waals surface area contributed by atoms with E-state index in [9.17, 15) is 0 Å². The van der Waals surface area contributed by atoms with E-state index in [0.29, 0.717) is 0 Å². The monoisotopic (exact) mass is 265 g/mol. The molecule has 6 unspecified atom stereocenters. The van der Waals surface area contributed by atoms with E-state index in [2.05, 4.69) is 5.32 Å². The van der Waals surface area contributed by atoms with Gasteiger partial charge >= 0.3 is 0 Å². The van der Waals surface area contributed by atoms with Crippen LogP contribution in [0.25, 0.3) is 0 Å². The van der Waals surface area contributed by atoms with Gasteiger partial charge in [0.15, 0.2) is 5.79 Å². The first-order valence-electron chi connectivity index (χ1n) is 8.17. The van der Waals surface area contributed by atoms with Gasteiger partial charge in [0.2, 0.25) is 0 Å². The average Bonchev–Trinajstić information content (AvgIpc) is 3.05. The number of ether oxygens (including phenoxy) is 2. The van der Waals surface area contributed by atoms with Crippen LogP contribution in [0.1, 0.15) is 46.0 Å². The van der Waals surface area contributed by atoms with Gasteiger partial charge in [-0.25, -0.2) is 0 Å². The van der Waals surface area contributed by atoms with Crippen molar-refractivity contribution >= 4 is 0 Å². The molecule has 3 nitrogen and oxygen atoms in total. The summed E-state index contributed by atoms with van der Waals surface area (Å²) in [5, 5.41) is 3.80. The number of fused-ring (bicyclic) bond motifs is 5. The number of hydrogen-bond acceptors (Lipinski definition) is 3. The fourth-order valence-corrected chi connectivity index (χ4v) is 5.45. The predicted molar refractivity (Wildman–Crippen MR) is 73.7 cm³/mol. The summed E-state index contributed by atoms with van der Waals surface area (Å²) in [5.41, 5.74) is 0. The molecule has 6 atom stereocenters. The Kier molecular flexibility index (Phi) is 2.95. The fourth-order valence-electron chi connectivity index (χ4n) is 5.45. The zero-order chi connectivity index (χ0) is 13.0. The molecule has 4 fully saturated rings. The summed E-state index contributed by atoms with van der Waals surface area (Å²) in [4.78, 5) is 0. The summed E-state index contributed by atoms with van der Waals surface area (Å²) in [6.07, 6.45) is 7.67. The van der Waals surface area contributed by atoms with Crippen molar-refractivity contribution < 1.29 is 9.47 Å². The minimum Gasteiger partial charge on any atom is -0.348 e. The molecular weight excluding hydrogens is 238 g/mol. The van der Waals surface area contributed by atoms with Crippen LogP contribution in [0.4, 0.5) is 0 Å². The molecule has 3 aliphatic carbocycles. The predicted octanol–water partition coefficient (Wildman–Crippen LogP) is 2.55. The van der Waals surface area contributed by atoms with E-state index in [4.69, 9.17) is 9.47 Å². The van der Waals surface area contributed by atoms with Crippen LogP contribution in [0.3, 0.4) is 0 Å². The first kappa shape index (κ1) is 12.6. The summed E-state index contributed by atoms with van der Waals surface area (Å²) in [7, 11) is 0. The van der Waals surface area contributed by atoms with Gasteiger partial charge in [-0.3, -0.25) is 0 Å². The van der Waals surface area contributed by atoms with Gasteiger partial charge in [-0.05, 0) is 63.2 Å². The Morgan fingerprint density at radius 1 is 1.11 bits per heavy atom.